The number of hydrogen-bond donors (Lipinski definition) is 0. The number of hydrogen-bond acceptors (Lipinski definition) is 2. The molecule has 0 N–H and O–H groups in total. The maximum atomic E-state index is 12.1. The first kappa shape index (κ1) is 12.0. The highest BCUT2D eigenvalue weighted by Crippen LogP contribution is 2.34. The lowest BCUT2D eigenvalue weighted by molar-refractivity contribution is 0.103. The first-order valence-corrected chi connectivity index (χ1v) is 6.39. The fraction of sp³-hybridized carbons (Fsp3) is 0.0625. The van der Waals surface area contributed by atoms with Crippen LogP contribution in [0.3, 0.4) is 0 Å². The fourth-order valence-electron chi connectivity index (χ4n) is 2.32. The monoisotopic (exact) mass is 269 g/mol. The summed E-state index contributed by atoms with van der Waals surface area (Å²) in [5.74, 6) is -0.00220. The van der Waals surface area contributed by atoms with Gasteiger partial charge in [-0.15, -0.1) is 0 Å². The summed E-state index contributed by atoms with van der Waals surface area (Å²) in [4.78, 5) is 14.0. The SMILES string of the molecule is C=C1C(=O)c2ccccc2N1Cc1cccc(Cl)c1. The van der Waals surface area contributed by atoms with E-state index in [1.807, 2.05) is 53.4 Å². The van der Waals surface area contributed by atoms with Gasteiger partial charge in [0.05, 0.1) is 11.4 Å². The van der Waals surface area contributed by atoms with Gasteiger partial charge in [-0.2, -0.15) is 0 Å². The van der Waals surface area contributed by atoms with Crippen LogP contribution in [0.15, 0.2) is 60.8 Å². The zero-order valence-electron chi connectivity index (χ0n) is 10.3. The zero-order chi connectivity index (χ0) is 13.4. The summed E-state index contributed by atoms with van der Waals surface area (Å²) in [6, 6.07) is 15.2. The standard InChI is InChI=1S/C16H12ClNO/c1-11-16(19)14-7-2-3-8-15(14)18(11)10-12-5-4-6-13(17)9-12/h2-9H,1,10H2. The second-order valence-corrected chi connectivity index (χ2v) is 4.95. The van der Waals surface area contributed by atoms with Crippen LogP contribution in [0.4, 0.5) is 5.69 Å². The van der Waals surface area contributed by atoms with Gasteiger partial charge in [-0.25, -0.2) is 0 Å². The summed E-state index contributed by atoms with van der Waals surface area (Å²) in [5.41, 5.74) is 3.20. The number of para-hydroxylation sites is 1. The van der Waals surface area contributed by atoms with Gasteiger partial charge in [0.2, 0.25) is 5.78 Å². The molecule has 0 bridgehead atoms. The normalized spacial score (nSPS) is 13.8. The van der Waals surface area contributed by atoms with Crippen LogP contribution in [0.25, 0.3) is 0 Å². The minimum Gasteiger partial charge on any atom is -0.334 e. The molecule has 2 aromatic rings. The number of anilines is 1. The molecule has 0 saturated carbocycles. The Balaban J connectivity index is 1.98. The third kappa shape index (κ3) is 2.04. The Kier molecular flexibility index (Phi) is 2.88. The van der Waals surface area contributed by atoms with E-state index in [4.69, 9.17) is 11.6 Å². The minimum atomic E-state index is -0.00220. The summed E-state index contributed by atoms with van der Waals surface area (Å²) >= 11 is 5.99. The van der Waals surface area contributed by atoms with Crippen LogP contribution in [-0.2, 0) is 6.54 Å². The lowest BCUT2D eigenvalue weighted by Gasteiger charge is -2.19. The van der Waals surface area contributed by atoms with Crippen LogP contribution in [0.1, 0.15) is 15.9 Å². The number of allylic oxidation sites excluding steroid dienone is 1. The lowest BCUT2D eigenvalue weighted by atomic mass is 10.1. The van der Waals surface area contributed by atoms with Crippen molar-refractivity contribution >= 4 is 23.1 Å². The molecule has 3 heteroatoms. The summed E-state index contributed by atoms with van der Waals surface area (Å²) < 4.78 is 0. The predicted molar refractivity (Wildman–Crippen MR) is 77.5 cm³/mol. The van der Waals surface area contributed by atoms with Crippen molar-refractivity contribution in [2.24, 2.45) is 0 Å². The summed E-state index contributed by atoms with van der Waals surface area (Å²) in [5, 5.41) is 0.696. The molecule has 1 heterocycles. The van der Waals surface area contributed by atoms with Crippen LogP contribution in [0.2, 0.25) is 5.02 Å². The van der Waals surface area contributed by atoms with E-state index in [0.717, 1.165) is 16.8 Å². The van der Waals surface area contributed by atoms with Crippen LogP contribution in [-0.4, -0.2) is 5.78 Å². The minimum absolute atomic E-state index is 0.00220. The van der Waals surface area contributed by atoms with Crippen LogP contribution in [0.5, 0.6) is 0 Å². The molecule has 19 heavy (non-hydrogen) atoms. The predicted octanol–water partition coefficient (Wildman–Crippen LogP) is 4.06. The Labute approximate surface area is 116 Å². The highest BCUT2D eigenvalue weighted by atomic mass is 35.5. The Morgan fingerprint density at radius 1 is 1.11 bits per heavy atom. The Morgan fingerprint density at radius 3 is 2.68 bits per heavy atom. The van der Waals surface area contributed by atoms with Crippen molar-refractivity contribution < 1.29 is 4.79 Å². The second kappa shape index (κ2) is 4.56. The molecule has 1 aliphatic heterocycles. The molecule has 0 unspecified atom stereocenters. The molecule has 0 saturated heterocycles. The van der Waals surface area contributed by atoms with Gasteiger partial charge < -0.3 is 4.90 Å². The van der Waals surface area contributed by atoms with E-state index in [2.05, 4.69) is 6.58 Å². The van der Waals surface area contributed by atoms with Gasteiger partial charge in [-0.3, -0.25) is 4.79 Å². The van der Waals surface area contributed by atoms with Gasteiger partial charge in [-0.1, -0.05) is 42.4 Å². The van der Waals surface area contributed by atoms with E-state index in [0.29, 0.717) is 17.3 Å². The van der Waals surface area contributed by atoms with Crippen molar-refractivity contribution in [3.63, 3.8) is 0 Å². The number of fused-ring (bicyclic) bond motifs is 1. The quantitative estimate of drug-likeness (QED) is 0.767. The van der Waals surface area contributed by atoms with Crippen molar-refractivity contribution in [3.05, 3.63) is 77.0 Å². The zero-order valence-corrected chi connectivity index (χ0v) is 11.0. The van der Waals surface area contributed by atoms with Crippen molar-refractivity contribution in [1.82, 2.24) is 0 Å². The number of Topliss-reactive ketones (excluding diaryl/α,β-unsaturated/α-hetero) is 1. The highest BCUT2D eigenvalue weighted by molar-refractivity contribution is 6.30. The molecule has 1 aliphatic rings. The van der Waals surface area contributed by atoms with E-state index < -0.39 is 0 Å². The smallest absolute Gasteiger partial charge is 0.210 e. The molecular formula is C16H12ClNO. The van der Waals surface area contributed by atoms with Gasteiger partial charge in [-0.05, 0) is 29.8 Å². The molecule has 0 radical (unpaired) electrons. The molecule has 0 amide bonds. The van der Waals surface area contributed by atoms with Gasteiger partial charge in [0.1, 0.15) is 0 Å². The van der Waals surface area contributed by atoms with E-state index >= 15 is 0 Å². The average molecular weight is 270 g/mol. The average Bonchev–Trinajstić information content (AvgIpc) is 2.65. The number of carbonyl (C=O) groups excluding carboxylic acids is 1. The number of rotatable bonds is 2. The Morgan fingerprint density at radius 2 is 1.89 bits per heavy atom. The Hall–Kier alpha value is -2.06. The molecule has 0 spiro atoms. The fourth-order valence-corrected chi connectivity index (χ4v) is 2.54. The molecule has 0 aromatic heterocycles. The van der Waals surface area contributed by atoms with Crippen molar-refractivity contribution in [2.45, 2.75) is 6.54 Å². The second-order valence-electron chi connectivity index (χ2n) is 4.51. The van der Waals surface area contributed by atoms with Gasteiger partial charge in [0.15, 0.2) is 0 Å². The van der Waals surface area contributed by atoms with Crippen LogP contribution >= 0.6 is 11.6 Å². The first-order valence-electron chi connectivity index (χ1n) is 6.01. The topological polar surface area (TPSA) is 20.3 Å². The number of ketones is 1. The van der Waals surface area contributed by atoms with E-state index in [1.165, 1.54) is 0 Å². The van der Waals surface area contributed by atoms with Crippen LogP contribution < -0.4 is 4.90 Å². The lowest BCUT2D eigenvalue weighted by Crippen LogP contribution is -2.18. The summed E-state index contributed by atoms with van der Waals surface area (Å²) in [6.07, 6.45) is 0. The first-order chi connectivity index (χ1) is 9.16. The summed E-state index contributed by atoms with van der Waals surface area (Å²) in [6.45, 7) is 4.49. The van der Waals surface area contributed by atoms with E-state index in [9.17, 15) is 4.79 Å². The largest absolute Gasteiger partial charge is 0.334 e. The van der Waals surface area contributed by atoms with Crippen LogP contribution in [0, 0.1) is 0 Å². The molecule has 2 aromatic carbocycles. The third-order valence-electron chi connectivity index (χ3n) is 3.26. The number of halogens is 1. The summed E-state index contributed by atoms with van der Waals surface area (Å²) in [7, 11) is 0. The highest BCUT2D eigenvalue weighted by Gasteiger charge is 2.30. The molecule has 0 aliphatic carbocycles. The molecule has 2 nitrogen and oxygen atoms in total. The number of benzene rings is 2. The maximum absolute atomic E-state index is 12.1. The van der Waals surface area contributed by atoms with Gasteiger partial charge >= 0.3 is 0 Å². The Bertz CT molecular complexity index is 678. The van der Waals surface area contributed by atoms with Crippen molar-refractivity contribution in [3.8, 4) is 0 Å². The molecular weight excluding hydrogens is 258 g/mol. The number of carbonyl (C=O) groups is 1. The van der Waals surface area contributed by atoms with Crippen molar-refractivity contribution in [2.75, 3.05) is 4.90 Å². The van der Waals surface area contributed by atoms with Gasteiger partial charge in [0, 0.05) is 17.1 Å². The third-order valence-corrected chi connectivity index (χ3v) is 3.49. The maximum Gasteiger partial charge on any atom is 0.210 e. The van der Waals surface area contributed by atoms with Crippen molar-refractivity contribution in [1.29, 1.82) is 0 Å². The number of nitrogens with zero attached hydrogens (tertiary/aromatic N) is 1. The van der Waals surface area contributed by atoms with E-state index in [-0.39, 0.29) is 5.78 Å². The van der Waals surface area contributed by atoms with E-state index in [1.54, 1.807) is 0 Å². The molecule has 0 fully saturated rings. The van der Waals surface area contributed by atoms with Gasteiger partial charge in [0.25, 0.3) is 0 Å². The molecule has 94 valence electrons. The molecule has 3 rings (SSSR count). The molecule has 0 atom stereocenters.